The standard InChI is InChI=1S/C22H19NO2/c1-15-9-11-18(12-10-15)23-22(24)25-14-17-6-4-8-20-19-7-3-2-5-16(19)13-21(17)20/h2-12H,13-14H2,1H3,(H,23,24). The SMILES string of the molecule is Cc1ccc(NC(=O)OCc2cccc3c2Cc2ccccc2-3)cc1. The van der Waals surface area contributed by atoms with Gasteiger partial charge in [-0.25, -0.2) is 4.79 Å². The number of hydrogen-bond donors (Lipinski definition) is 1. The van der Waals surface area contributed by atoms with E-state index in [4.69, 9.17) is 4.74 Å². The van der Waals surface area contributed by atoms with E-state index in [1.165, 1.54) is 22.3 Å². The Bertz CT molecular complexity index is 929. The fraction of sp³-hybridized carbons (Fsp3) is 0.136. The van der Waals surface area contributed by atoms with Crippen molar-refractivity contribution in [2.24, 2.45) is 0 Å². The Morgan fingerprint density at radius 1 is 0.960 bits per heavy atom. The fourth-order valence-corrected chi connectivity index (χ4v) is 3.29. The van der Waals surface area contributed by atoms with Crippen LogP contribution in [0.5, 0.6) is 0 Å². The number of benzene rings is 3. The van der Waals surface area contributed by atoms with Crippen molar-refractivity contribution in [3.63, 3.8) is 0 Å². The van der Waals surface area contributed by atoms with E-state index < -0.39 is 6.09 Å². The van der Waals surface area contributed by atoms with Crippen LogP contribution in [-0.2, 0) is 17.8 Å². The Morgan fingerprint density at radius 2 is 1.72 bits per heavy atom. The number of hydrogen-bond acceptors (Lipinski definition) is 2. The first-order valence-corrected chi connectivity index (χ1v) is 8.40. The molecule has 0 spiro atoms. The number of carbonyl (C=O) groups is 1. The second kappa shape index (κ2) is 6.44. The summed E-state index contributed by atoms with van der Waals surface area (Å²) in [7, 11) is 0. The van der Waals surface area contributed by atoms with Gasteiger partial charge in [0.1, 0.15) is 6.61 Å². The summed E-state index contributed by atoms with van der Waals surface area (Å²) in [5.41, 5.74) is 8.06. The van der Waals surface area contributed by atoms with Crippen LogP contribution in [0.1, 0.15) is 22.3 Å². The molecule has 0 fully saturated rings. The van der Waals surface area contributed by atoms with Crippen LogP contribution >= 0.6 is 0 Å². The zero-order valence-corrected chi connectivity index (χ0v) is 14.1. The van der Waals surface area contributed by atoms with E-state index in [0.29, 0.717) is 0 Å². The Labute approximate surface area is 147 Å². The summed E-state index contributed by atoms with van der Waals surface area (Å²) in [5.74, 6) is 0. The number of amides is 1. The van der Waals surface area contributed by atoms with E-state index in [9.17, 15) is 4.79 Å². The van der Waals surface area contributed by atoms with Crippen LogP contribution in [0.2, 0.25) is 0 Å². The minimum Gasteiger partial charge on any atom is -0.444 e. The van der Waals surface area contributed by atoms with Gasteiger partial charge in [-0.3, -0.25) is 5.32 Å². The predicted molar refractivity (Wildman–Crippen MR) is 99.7 cm³/mol. The zero-order valence-electron chi connectivity index (χ0n) is 14.1. The number of aryl methyl sites for hydroxylation is 1. The van der Waals surface area contributed by atoms with Crippen LogP contribution in [0.4, 0.5) is 10.5 Å². The monoisotopic (exact) mass is 329 g/mol. The lowest BCUT2D eigenvalue weighted by molar-refractivity contribution is 0.155. The summed E-state index contributed by atoms with van der Waals surface area (Å²) in [6.07, 6.45) is 0.460. The van der Waals surface area contributed by atoms with Crippen molar-refractivity contribution in [1.82, 2.24) is 0 Å². The maximum atomic E-state index is 12.1. The third-order valence-electron chi connectivity index (χ3n) is 4.60. The molecule has 0 aliphatic heterocycles. The van der Waals surface area contributed by atoms with Crippen molar-refractivity contribution < 1.29 is 9.53 Å². The average molecular weight is 329 g/mol. The Morgan fingerprint density at radius 3 is 2.56 bits per heavy atom. The van der Waals surface area contributed by atoms with E-state index >= 15 is 0 Å². The molecule has 0 radical (unpaired) electrons. The molecule has 0 bridgehead atoms. The molecule has 3 aromatic rings. The van der Waals surface area contributed by atoms with Crippen LogP contribution in [-0.4, -0.2) is 6.09 Å². The maximum Gasteiger partial charge on any atom is 0.411 e. The summed E-state index contributed by atoms with van der Waals surface area (Å²) in [4.78, 5) is 12.1. The molecule has 0 saturated heterocycles. The molecule has 1 aliphatic carbocycles. The van der Waals surface area contributed by atoms with Gasteiger partial charge in [0.15, 0.2) is 0 Å². The fourth-order valence-electron chi connectivity index (χ4n) is 3.29. The molecule has 0 heterocycles. The highest BCUT2D eigenvalue weighted by atomic mass is 16.5. The number of carbonyl (C=O) groups excluding carboxylic acids is 1. The molecule has 3 heteroatoms. The molecule has 0 atom stereocenters. The van der Waals surface area contributed by atoms with E-state index in [2.05, 4.69) is 35.6 Å². The third-order valence-corrected chi connectivity index (χ3v) is 4.60. The van der Waals surface area contributed by atoms with Crippen molar-refractivity contribution >= 4 is 11.8 Å². The quantitative estimate of drug-likeness (QED) is 0.553. The van der Waals surface area contributed by atoms with E-state index in [1.54, 1.807) is 0 Å². The van der Waals surface area contributed by atoms with Crippen LogP contribution in [0.3, 0.4) is 0 Å². The molecule has 3 nitrogen and oxygen atoms in total. The lowest BCUT2D eigenvalue weighted by Crippen LogP contribution is -2.14. The Kier molecular flexibility index (Phi) is 3.98. The van der Waals surface area contributed by atoms with Crippen molar-refractivity contribution in [3.05, 3.63) is 89.0 Å². The summed E-state index contributed by atoms with van der Waals surface area (Å²) < 4.78 is 5.44. The molecular formula is C22H19NO2. The van der Waals surface area contributed by atoms with Crippen molar-refractivity contribution in [3.8, 4) is 11.1 Å². The normalized spacial score (nSPS) is 11.6. The Hall–Kier alpha value is -3.07. The topological polar surface area (TPSA) is 38.3 Å². The smallest absolute Gasteiger partial charge is 0.411 e. The largest absolute Gasteiger partial charge is 0.444 e. The van der Waals surface area contributed by atoms with Gasteiger partial charge in [-0.15, -0.1) is 0 Å². The first-order chi connectivity index (χ1) is 12.2. The molecule has 0 unspecified atom stereocenters. The maximum absolute atomic E-state index is 12.1. The third kappa shape index (κ3) is 3.13. The molecule has 4 rings (SSSR count). The van der Waals surface area contributed by atoms with Crippen molar-refractivity contribution in [2.75, 3.05) is 5.32 Å². The minimum absolute atomic E-state index is 0.273. The van der Waals surface area contributed by atoms with Crippen LogP contribution in [0.25, 0.3) is 11.1 Å². The number of ether oxygens (including phenoxy) is 1. The first-order valence-electron chi connectivity index (χ1n) is 8.40. The van der Waals surface area contributed by atoms with Crippen molar-refractivity contribution in [2.45, 2.75) is 20.0 Å². The molecule has 25 heavy (non-hydrogen) atoms. The van der Waals surface area contributed by atoms with E-state index in [-0.39, 0.29) is 6.61 Å². The van der Waals surface area contributed by atoms with Crippen molar-refractivity contribution in [1.29, 1.82) is 0 Å². The van der Waals surface area contributed by atoms with Gasteiger partial charge < -0.3 is 4.74 Å². The number of fused-ring (bicyclic) bond motifs is 3. The molecular weight excluding hydrogens is 310 g/mol. The highest BCUT2D eigenvalue weighted by molar-refractivity contribution is 5.84. The molecule has 1 N–H and O–H groups in total. The highest BCUT2D eigenvalue weighted by Crippen LogP contribution is 2.38. The van der Waals surface area contributed by atoms with Gasteiger partial charge in [-0.1, -0.05) is 60.2 Å². The molecule has 124 valence electrons. The molecule has 0 saturated carbocycles. The average Bonchev–Trinajstić information content (AvgIpc) is 3.01. The highest BCUT2D eigenvalue weighted by Gasteiger charge is 2.20. The molecule has 1 amide bonds. The number of nitrogens with one attached hydrogen (secondary N) is 1. The molecule has 0 aromatic heterocycles. The van der Waals surface area contributed by atoms with Gasteiger partial charge in [0.05, 0.1) is 0 Å². The summed E-state index contributed by atoms with van der Waals surface area (Å²) in [5, 5.41) is 2.76. The second-order valence-electron chi connectivity index (χ2n) is 6.34. The molecule has 1 aliphatic rings. The van der Waals surface area contributed by atoms with Gasteiger partial charge in [0.2, 0.25) is 0 Å². The summed E-state index contributed by atoms with van der Waals surface area (Å²) in [6, 6.07) is 22.3. The van der Waals surface area contributed by atoms with E-state index in [0.717, 1.165) is 23.2 Å². The number of rotatable bonds is 3. The van der Waals surface area contributed by atoms with E-state index in [1.807, 2.05) is 43.3 Å². The summed E-state index contributed by atoms with van der Waals surface area (Å²) >= 11 is 0. The Balaban J connectivity index is 1.46. The van der Waals surface area contributed by atoms with Crippen LogP contribution in [0.15, 0.2) is 66.7 Å². The van der Waals surface area contributed by atoms with Gasteiger partial charge in [-0.2, -0.15) is 0 Å². The lowest BCUT2D eigenvalue weighted by atomic mass is 10.0. The van der Waals surface area contributed by atoms with Gasteiger partial charge in [-0.05, 0) is 53.3 Å². The first kappa shape index (κ1) is 15.5. The van der Waals surface area contributed by atoms with Gasteiger partial charge in [0, 0.05) is 5.69 Å². The van der Waals surface area contributed by atoms with Crippen LogP contribution in [0, 0.1) is 6.92 Å². The molecule has 3 aromatic carbocycles. The minimum atomic E-state index is -0.433. The van der Waals surface area contributed by atoms with Gasteiger partial charge >= 0.3 is 6.09 Å². The lowest BCUT2D eigenvalue weighted by Gasteiger charge is -2.10. The predicted octanol–water partition coefficient (Wildman–Crippen LogP) is 5.31. The summed E-state index contributed by atoms with van der Waals surface area (Å²) in [6.45, 7) is 2.28. The zero-order chi connectivity index (χ0) is 17.2. The second-order valence-corrected chi connectivity index (χ2v) is 6.34. The van der Waals surface area contributed by atoms with Gasteiger partial charge in [0.25, 0.3) is 0 Å². The van der Waals surface area contributed by atoms with Crippen LogP contribution < -0.4 is 5.32 Å². The number of anilines is 1.